The highest BCUT2D eigenvalue weighted by molar-refractivity contribution is 7.13. The number of carbonyl (C=O) groups is 1. The van der Waals surface area contributed by atoms with Crippen molar-refractivity contribution in [3.63, 3.8) is 0 Å². The first kappa shape index (κ1) is 15.0. The average Bonchev–Trinajstić information content (AvgIpc) is 2.87. The van der Waals surface area contributed by atoms with Gasteiger partial charge in [0.05, 0.1) is 17.7 Å². The number of aliphatic hydroxyl groups is 1. The lowest BCUT2D eigenvalue weighted by Crippen LogP contribution is -2.28. The molecule has 0 saturated heterocycles. The molecule has 0 fully saturated rings. The normalized spacial score (nSPS) is 13.8. The predicted molar refractivity (Wildman–Crippen MR) is 81.4 cm³/mol. The Morgan fingerprint density at radius 1 is 1.45 bits per heavy atom. The predicted octanol–water partition coefficient (Wildman–Crippen LogP) is 3.05. The Morgan fingerprint density at radius 2 is 2.10 bits per heavy atom. The third kappa shape index (κ3) is 3.00. The van der Waals surface area contributed by atoms with E-state index < -0.39 is 5.41 Å². The van der Waals surface area contributed by atoms with Crippen LogP contribution in [0.25, 0.3) is 0 Å². The number of thiazole rings is 1. The van der Waals surface area contributed by atoms with Crippen LogP contribution in [0.1, 0.15) is 25.1 Å². The summed E-state index contributed by atoms with van der Waals surface area (Å²) in [5.74, 6) is -0.164. The fourth-order valence-electron chi connectivity index (χ4n) is 1.87. The van der Waals surface area contributed by atoms with Gasteiger partial charge in [-0.1, -0.05) is 23.7 Å². The maximum absolute atomic E-state index is 11.0. The molecule has 0 bridgehead atoms. The number of hydrogen-bond acceptors (Lipinski definition) is 4. The van der Waals surface area contributed by atoms with Gasteiger partial charge in [-0.2, -0.15) is 0 Å². The number of benzene rings is 1. The lowest BCUT2D eigenvalue weighted by Gasteiger charge is -2.26. The molecule has 1 aromatic heterocycles. The number of anilines is 1. The summed E-state index contributed by atoms with van der Waals surface area (Å²) in [6, 6.07) is 7.31. The highest BCUT2D eigenvalue weighted by atomic mass is 35.5. The zero-order valence-corrected chi connectivity index (χ0v) is 12.8. The zero-order chi connectivity index (χ0) is 14.8. The molecule has 0 radical (unpaired) electrons. The molecule has 0 aliphatic carbocycles. The fraction of sp³-hybridized carbons (Fsp3) is 0.286. The van der Waals surface area contributed by atoms with Crippen LogP contribution in [0.3, 0.4) is 0 Å². The molecule has 1 aromatic carbocycles. The van der Waals surface area contributed by atoms with Crippen LogP contribution >= 0.6 is 22.9 Å². The Bertz CT molecular complexity index is 612. The molecular weight excluding hydrogens is 296 g/mol. The topological polar surface area (TPSA) is 62.2 Å². The molecule has 2 rings (SSSR count). The van der Waals surface area contributed by atoms with Crippen molar-refractivity contribution in [2.75, 3.05) is 11.9 Å². The molecule has 2 aromatic rings. The number of nitrogens with zero attached hydrogens (tertiary/aromatic N) is 1. The van der Waals surface area contributed by atoms with Gasteiger partial charge in [0.25, 0.3) is 0 Å². The van der Waals surface area contributed by atoms with E-state index in [2.05, 4.69) is 10.3 Å². The Hall–Kier alpha value is -1.43. The molecule has 0 aliphatic heterocycles. The molecule has 6 heteroatoms. The summed E-state index contributed by atoms with van der Waals surface area (Å²) >= 11 is 7.23. The molecular formula is C14H15ClN2O2S. The maximum atomic E-state index is 11.0. The van der Waals surface area contributed by atoms with Crippen LogP contribution in [0, 0.1) is 0 Å². The summed E-state index contributed by atoms with van der Waals surface area (Å²) in [4.78, 5) is 15.4. The largest absolute Gasteiger partial charge is 0.395 e. The summed E-state index contributed by atoms with van der Waals surface area (Å²) in [6.07, 6.45) is 0. The van der Waals surface area contributed by atoms with Crippen molar-refractivity contribution in [1.82, 2.24) is 4.98 Å². The van der Waals surface area contributed by atoms with Gasteiger partial charge in [-0.15, -0.1) is 11.3 Å². The minimum atomic E-state index is -0.627. The first-order valence-corrected chi connectivity index (χ1v) is 7.32. The van der Waals surface area contributed by atoms with E-state index in [9.17, 15) is 9.90 Å². The zero-order valence-electron chi connectivity index (χ0n) is 11.2. The van der Waals surface area contributed by atoms with Crippen molar-refractivity contribution in [2.24, 2.45) is 0 Å². The molecule has 1 unspecified atom stereocenters. The van der Waals surface area contributed by atoms with E-state index >= 15 is 0 Å². The smallest absolute Gasteiger partial charge is 0.223 e. The average molecular weight is 311 g/mol. The molecule has 1 amide bonds. The Balaban J connectivity index is 2.37. The van der Waals surface area contributed by atoms with Gasteiger partial charge in [-0.3, -0.25) is 4.79 Å². The van der Waals surface area contributed by atoms with Crippen LogP contribution in [0.15, 0.2) is 29.6 Å². The highest BCUT2D eigenvalue weighted by Gasteiger charge is 2.31. The van der Waals surface area contributed by atoms with Crippen LogP contribution in [0.5, 0.6) is 0 Å². The number of aliphatic hydroxyl groups excluding tert-OH is 1. The minimum Gasteiger partial charge on any atom is -0.395 e. The van der Waals surface area contributed by atoms with E-state index in [1.165, 1.54) is 18.3 Å². The van der Waals surface area contributed by atoms with Crippen molar-refractivity contribution in [3.8, 4) is 0 Å². The molecule has 4 nitrogen and oxygen atoms in total. The molecule has 20 heavy (non-hydrogen) atoms. The third-order valence-electron chi connectivity index (χ3n) is 3.15. The molecule has 1 heterocycles. The lowest BCUT2D eigenvalue weighted by atomic mass is 9.81. The second kappa shape index (κ2) is 5.91. The summed E-state index contributed by atoms with van der Waals surface area (Å²) < 4.78 is 0. The quantitative estimate of drug-likeness (QED) is 0.912. The Morgan fingerprint density at radius 3 is 2.65 bits per heavy atom. The number of rotatable bonds is 4. The number of halogens is 1. The van der Waals surface area contributed by atoms with Crippen molar-refractivity contribution in [3.05, 3.63) is 45.9 Å². The van der Waals surface area contributed by atoms with Gasteiger partial charge in [0.1, 0.15) is 0 Å². The lowest BCUT2D eigenvalue weighted by molar-refractivity contribution is -0.114. The van der Waals surface area contributed by atoms with Gasteiger partial charge >= 0.3 is 0 Å². The van der Waals surface area contributed by atoms with E-state index in [0.29, 0.717) is 10.2 Å². The fourth-order valence-corrected chi connectivity index (χ4v) is 2.89. The van der Waals surface area contributed by atoms with Gasteiger partial charge in [0.15, 0.2) is 5.13 Å². The van der Waals surface area contributed by atoms with E-state index in [-0.39, 0.29) is 12.5 Å². The van der Waals surface area contributed by atoms with E-state index in [4.69, 9.17) is 11.6 Å². The van der Waals surface area contributed by atoms with Crippen molar-refractivity contribution in [2.45, 2.75) is 19.3 Å². The number of amides is 1. The van der Waals surface area contributed by atoms with E-state index in [1.54, 1.807) is 12.1 Å². The Kier molecular flexibility index (Phi) is 4.42. The molecule has 2 N–H and O–H groups in total. The van der Waals surface area contributed by atoms with Crippen LogP contribution in [0.4, 0.5) is 5.13 Å². The molecule has 0 aliphatic rings. The van der Waals surface area contributed by atoms with Gasteiger partial charge in [0.2, 0.25) is 5.91 Å². The van der Waals surface area contributed by atoms with Crippen LogP contribution < -0.4 is 5.32 Å². The molecule has 1 atom stereocenters. The molecule has 0 spiro atoms. The van der Waals surface area contributed by atoms with Crippen molar-refractivity contribution < 1.29 is 9.90 Å². The SMILES string of the molecule is CC(=O)Nc1nc(C(C)(CO)c2ccc(Cl)cc2)cs1. The van der Waals surface area contributed by atoms with Gasteiger partial charge in [-0.25, -0.2) is 4.98 Å². The molecule has 106 valence electrons. The second-order valence-electron chi connectivity index (χ2n) is 4.72. The summed E-state index contributed by atoms with van der Waals surface area (Å²) in [5, 5.41) is 15.5. The number of carbonyl (C=O) groups excluding carboxylic acids is 1. The first-order chi connectivity index (χ1) is 9.45. The first-order valence-electron chi connectivity index (χ1n) is 6.06. The van der Waals surface area contributed by atoms with E-state index in [1.807, 2.05) is 24.4 Å². The number of aromatic nitrogens is 1. The summed E-state index contributed by atoms with van der Waals surface area (Å²) in [5.41, 5.74) is 1.01. The third-order valence-corrected chi connectivity index (χ3v) is 4.16. The van der Waals surface area contributed by atoms with Gasteiger partial charge < -0.3 is 10.4 Å². The van der Waals surface area contributed by atoms with Crippen LogP contribution in [-0.4, -0.2) is 22.6 Å². The van der Waals surface area contributed by atoms with Crippen LogP contribution in [-0.2, 0) is 10.2 Å². The Labute approximate surface area is 126 Å². The second-order valence-corrected chi connectivity index (χ2v) is 6.01. The van der Waals surface area contributed by atoms with Crippen LogP contribution in [0.2, 0.25) is 5.02 Å². The minimum absolute atomic E-state index is 0.0854. The number of nitrogens with one attached hydrogen (secondary N) is 1. The number of hydrogen-bond donors (Lipinski definition) is 2. The highest BCUT2D eigenvalue weighted by Crippen LogP contribution is 2.34. The standard InChI is InChI=1S/C14H15ClN2O2S/c1-9(19)16-13-17-12(7-20-13)14(2,8-18)10-3-5-11(15)6-4-10/h3-7,18H,8H2,1-2H3,(H,16,17,19). The van der Waals surface area contributed by atoms with E-state index in [0.717, 1.165) is 11.3 Å². The monoisotopic (exact) mass is 310 g/mol. The van der Waals surface area contributed by atoms with Crippen molar-refractivity contribution in [1.29, 1.82) is 0 Å². The summed E-state index contributed by atoms with van der Waals surface area (Å²) in [6.45, 7) is 3.26. The summed E-state index contributed by atoms with van der Waals surface area (Å²) in [7, 11) is 0. The van der Waals surface area contributed by atoms with Gasteiger partial charge in [0, 0.05) is 17.3 Å². The van der Waals surface area contributed by atoms with Gasteiger partial charge in [-0.05, 0) is 24.6 Å². The van der Waals surface area contributed by atoms with Crippen molar-refractivity contribution >= 4 is 34.0 Å². The maximum Gasteiger partial charge on any atom is 0.223 e. The molecule has 0 saturated carbocycles.